The summed E-state index contributed by atoms with van der Waals surface area (Å²) in [6.45, 7) is 3.69. The fraction of sp³-hybridized carbons (Fsp3) is 0.231. The minimum Gasteiger partial charge on any atom is -0.496 e. The Labute approximate surface area is 103 Å². The first kappa shape index (κ1) is 12.3. The number of ether oxygens (including phenoxy) is 1. The van der Waals surface area contributed by atoms with Gasteiger partial charge in [0, 0.05) is 5.56 Å². The quantitative estimate of drug-likeness (QED) is 0.886. The van der Waals surface area contributed by atoms with Crippen LogP contribution in [0.15, 0.2) is 23.1 Å². The molecule has 1 heterocycles. The van der Waals surface area contributed by atoms with E-state index in [0.29, 0.717) is 5.56 Å². The van der Waals surface area contributed by atoms with Gasteiger partial charge < -0.3 is 9.72 Å². The first-order valence-corrected chi connectivity index (χ1v) is 5.43. The van der Waals surface area contributed by atoms with Crippen LogP contribution in [-0.2, 0) is 0 Å². The van der Waals surface area contributed by atoms with Gasteiger partial charge in [0.25, 0.3) is 0 Å². The highest BCUT2D eigenvalue weighted by Gasteiger charge is 2.12. The van der Waals surface area contributed by atoms with Crippen LogP contribution in [0.5, 0.6) is 5.75 Å². The molecule has 5 heteroatoms. The fourth-order valence-corrected chi connectivity index (χ4v) is 1.85. The molecule has 0 radical (unpaired) electrons. The van der Waals surface area contributed by atoms with Gasteiger partial charge >= 0.3 is 5.69 Å². The molecule has 0 spiro atoms. The molecule has 0 fully saturated rings. The number of aryl methyl sites for hydroxylation is 2. The Balaban J connectivity index is 2.68. The minimum absolute atomic E-state index is 0.151. The van der Waals surface area contributed by atoms with Gasteiger partial charge in [0.1, 0.15) is 5.75 Å². The van der Waals surface area contributed by atoms with E-state index in [0.717, 1.165) is 23.1 Å². The van der Waals surface area contributed by atoms with Crippen molar-refractivity contribution in [1.82, 2.24) is 9.97 Å². The molecule has 2 aromatic rings. The number of aromatic amines is 1. The average molecular weight is 248 g/mol. The highest BCUT2D eigenvalue weighted by atomic mass is 19.1. The van der Waals surface area contributed by atoms with Crippen molar-refractivity contribution in [3.63, 3.8) is 0 Å². The molecule has 1 aromatic carbocycles. The molecule has 0 atom stereocenters. The highest BCUT2D eigenvalue weighted by molar-refractivity contribution is 5.66. The smallest absolute Gasteiger partial charge is 0.345 e. The van der Waals surface area contributed by atoms with Crippen LogP contribution in [0.3, 0.4) is 0 Å². The lowest BCUT2D eigenvalue weighted by Gasteiger charge is -2.11. The third kappa shape index (κ3) is 2.11. The van der Waals surface area contributed by atoms with Crippen LogP contribution >= 0.6 is 0 Å². The molecule has 0 saturated heterocycles. The lowest BCUT2D eigenvalue weighted by Crippen LogP contribution is -2.12. The van der Waals surface area contributed by atoms with Crippen molar-refractivity contribution in [3.05, 3.63) is 45.8 Å². The summed E-state index contributed by atoms with van der Waals surface area (Å²) in [4.78, 5) is 16.9. The molecule has 18 heavy (non-hydrogen) atoms. The molecule has 0 bridgehead atoms. The molecule has 0 amide bonds. The van der Waals surface area contributed by atoms with E-state index < -0.39 is 11.5 Å². The monoisotopic (exact) mass is 248 g/mol. The molecule has 0 aliphatic carbocycles. The van der Waals surface area contributed by atoms with Crippen molar-refractivity contribution in [3.8, 4) is 17.0 Å². The Hall–Kier alpha value is -2.17. The van der Waals surface area contributed by atoms with E-state index >= 15 is 0 Å². The fourth-order valence-electron chi connectivity index (χ4n) is 1.85. The number of H-pyrrole nitrogens is 1. The highest BCUT2D eigenvalue weighted by Crippen LogP contribution is 2.29. The number of halogens is 1. The zero-order valence-electron chi connectivity index (χ0n) is 10.4. The maximum Gasteiger partial charge on any atom is 0.345 e. The van der Waals surface area contributed by atoms with E-state index in [1.807, 2.05) is 19.9 Å². The predicted molar refractivity (Wildman–Crippen MR) is 66.3 cm³/mol. The van der Waals surface area contributed by atoms with E-state index in [1.54, 1.807) is 13.2 Å². The molecule has 2 rings (SSSR count). The van der Waals surface area contributed by atoms with E-state index in [1.165, 1.54) is 0 Å². The summed E-state index contributed by atoms with van der Waals surface area (Å²) in [5.74, 6) is 0.176. The molecular weight excluding hydrogens is 235 g/mol. The first-order chi connectivity index (χ1) is 8.52. The van der Waals surface area contributed by atoms with E-state index in [2.05, 4.69) is 9.97 Å². The van der Waals surface area contributed by atoms with Crippen LogP contribution in [-0.4, -0.2) is 17.1 Å². The zero-order chi connectivity index (χ0) is 13.3. The summed E-state index contributed by atoms with van der Waals surface area (Å²) in [7, 11) is 1.58. The first-order valence-electron chi connectivity index (χ1n) is 5.43. The zero-order valence-corrected chi connectivity index (χ0v) is 10.4. The van der Waals surface area contributed by atoms with Crippen LogP contribution in [0.2, 0.25) is 0 Å². The summed E-state index contributed by atoms with van der Waals surface area (Å²) in [6.07, 6.45) is 0.924. The van der Waals surface area contributed by atoms with E-state index in [9.17, 15) is 9.18 Å². The average Bonchev–Trinajstić information content (AvgIpc) is 2.35. The Bertz CT molecular complexity index is 650. The summed E-state index contributed by atoms with van der Waals surface area (Å²) in [6, 6.07) is 3.59. The summed E-state index contributed by atoms with van der Waals surface area (Å²) in [5.41, 5.74) is 1.90. The topological polar surface area (TPSA) is 55.0 Å². The second-order valence-corrected chi connectivity index (χ2v) is 4.05. The van der Waals surface area contributed by atoms with Gasteiger partial charge in [-0.1, -0.05) is 0 Å². The molecule has 0 unspecified atom stereocenters. The lowest BCUT2D eigenvalue weighted by atomic mass is 10.0. The van der Waals surface area contributed by atoms with Gasteiger partial charge in [0.2, 0.25) is 0 Å². The van der Waals surface area contributed by atoms with E-state index in [-0.39, 0.29) is 5.69 Å². The number of nitrogens with one attached hydrogen (secondary N) is 1. The van der Waals surface area contributed by atoms with Gasteiger partial charge in [-0.05, 0) is 37.1 Å². The van der Waals surface area contributed by atoms with Crippen molar-refractivity contribution in [1.29, 1.82) is 0 Å². The Morgan fingerprint density at radius 1 is 1.28 bits per heavy atom. The van der Waals surface area contributed by atoms with Crippen LogP contribution in [0.1, 0.15) is 11.1 Å². The number of hydrogen-bond acceptors (Lipinski definition) is 3. The summed E-state index contributed by atoms with van der Waals surface area (Å²) < 4.78 is 18.9. The SMILES string of the molecule is COc1cc(C)c(-c2[nH]c(=O)ncc2F)cc1C. The Kier molecular flexibility index (Phi) is 3.14. The molecule has 1 aromatic heterocycles. The largest absolute Gasteiger partial charge is 0.496 e. The summed E-state index contributed by atoms with van der Waals surface area (Å²) >= 11 is 0. The van der Waals surface area contributed by atoms with Gasteiger partial charge in [0.15, 0.2) is 5.82 Å². The molecule has 0 aliphatic rings. The third-order valence-corrected chi connectivity index (χ3v) is 2.78. The number of benzene rings is 1. The van der Waals surface area contributed by atoms with Crippen molar-refractivity contribution in [2.45, 2.75) is 13.8 Å². The molecule has 1 N–H and O–H groups in total. The Morgan fingerprint density at radius 2 is 2.00 bits per heavy atom. The van der Waals surface area contributed by atoms with Gasteiger partial charge in [-0.3, -0.25) is 0 Å². The van der Waals surface area contributed by atoms with E-state index in [4.69, 9.17) is 4.74 Å². The third-order valence-electron chi connectivity index (χ3n) is 2.78. The second-order valence-electron chi connectivity index (χ2n) is 4.05. The molecule has 0 saturated carbocycles. The van der Waals surface area contributed by atoms with Crippen LogP contribution in [0, 0.1) is 19.7 Å². The normalized spacial score (nSPS) is 10.4. The maximum atomic E-state index is 13.7. The number of rotatable bonds is 2. The van der Waals surface area contributed by atoms with Gasteiger partial charge in [0.05, 0.1) is 19.0 Å². The van der Waals surface area contributed by atoms with Crippen molar-refractivity contribution in [2.24, 2.45) is 0 Å². The van der Waals surface area contributed by atoms with Crippen molar-refractivity contribution < 1.29 is 9.13 Å². The van der Waals surface area contributed by atoms with Crippen LogP contribution in [0.25, 0.3) is 11.3 Å². The number of hydrogen-bond donors (Lipinski definition) is 1. The molecule has 94 valence electrons. The van der Waals surface area contributed by atoms with Gasteiger partial charge in [-0.15, -0.1) is 0 Å². The molecular formula is C13H13FN2O2. The molecule has 4 nitrogen and oxygen atoms in total. The Morgan fingerprint density at radius 3 is 2.67 bits per heavy atom. The standard InChI is InChI=1S/C13H13FN2O2/c1-7-5-11(18-3)8(2)4-9(7)12-10(14)6-15-13(17)16-12/h4-6H,1-3H3,(H,15,16,17). The molecule has 0 aliphatic heterocycles. The number of nitrogens with zero attached hydrogens (tertiary/aromatic N) is 1. The second kappa shape index (κ2) is 4.60. The van der Waals surface area contributed by atoms with Crippen LogP contribution in [0.4, 0.5) is 4.39 Å². The minimum atomic E-state index is -0.570. The maximum absolute atomic E-state index is 13.7. The summed E-state index contributed by atoms with van der Waals surface area (Å²) in [5, 5.41) is 0. The lowest BCUT2D eigenvalue weighted by molar-refractivity contribution is 0.411. The number of methoxy groups -OCH3 is 1. The van der Waals surface area contributed by atoms with Crippen molar-refractivity contribution >= 4 is 0 Å². The van der Waals surface area contributed by atoms with Crippen molar-refractivity contribution in [2.75, 3.05) is 7.11 Å². The van der Waals surface area contributed by atoms with Crippen LogP contribution < -0.4 is 10.4 Å². The predicted octanol–water partition coefficient (Wildman–Crippen LogP) is 2.20. The van der Waals surface area contributed by atoms with Gasteiger partial charge in [-0.25, -0.2) is 9.18 Å². The number of aromatic nitrogens is 2. The van der Waals surface area contributed by atoms with Gasteiger partial charge in [-0.2, -0.15) is 4.98 Å².